The van der Waals surface area contributed by atoms with Gasteiger partial charge in [0.25, 0.3) is 5.91 Å². The third-order valence-corrected chi connectivity index (χ3v) is 4.56. The number of aromatic nitrogens is 1. The van der Waals surface area contributed by atoms with Gasteiger partial charge in [-0.25, -0.2) is 4.98 Å². The summed E-state index contributed by atoms with van der Waals surface area (Å²) in [6.07, 6.45) is 4.61. The monoisotopic (exact) mass is 302 g/mol. The molecule has 1 saturated carbocycles. The Hall–Kier alpha value is -1.61. The molecule has 0 aliphatic heterocycles. The lowest BCUT2D eigenvalue weighted by Gasteiger charge is -2.27. The minimum absolute atomic E-state index is 0.00273. The van der Waals surface area contributed by atoms with Gasteiger partial charge < -0.3 is 4.90 Å². The van der Waals surface area contributed by atoms with Crippen LogP contribution >= 0.6 is 11.6 Å². The van der Waals surface area contributed by atoms with E-state index in [1.165, 1.54) is 12.8 Å². The smallest absolute Gasteiger partial charge is 0.272 e. The Labute approximate surface area is 129 Å². The van der Waals surface area contributed by atoms with Gasteiger partial charge in [-0.3, -0.25) is 4.79 Å². The summed E-state index contributed by atoms with van der Waals surface area (Å²) in [6, 6.07) is 9.71. The van der Waals surface area contributed by atoms with Crippen molar-refractivity contribution in [3.05, 3.63) is 41.0 Å². The maximum Gasteiger partial charge on any atom is 0.272 e. The predicted molar refractivity (Wildman–Crippen MR) is 85.7 cm³/mol. The number of hydrogen-bond acceptors (Lipinski definition) is 2. The van der Waals surface area contributed by atoms with Gasteiger partial charge in [-0.05, 0) is 31.9 Å². The van der Waals surface area contributed by atoms with E-state index in [0.717, 1.165) is 30.3 Å². The number of rotatable bonds is 3. The molecule has 21 heavy (non-hydrogen) atoms. The van der Waals surface area contributed by atoms with Gasteiger partial charge >= 0.3 is 0 Å². The molecule has 1 aromatic carbocycles. The van der Waals surface area contributed by atoms with Crippen molar-refractivity contribution in [2.24, 2.45) is 0 Å². The second kappa shape index (κ2) is 6.02. The topological polar surface area (TPSA) is 33.2 Å². The van der Waals surface area contributed by atoms with Gasteiger partial charge in [0.15, 0.2) is 0 Å². The van der Waals surface area contributed by atoms with E-state index in [4.69, 9.17) is 11.6 Å². The van der Waals surface area contributed by atoms with Crippen molar-refractivity contribution >= 4 is 28.4 Å². The molecule has 110 valence electrons. The molecule has 0 atom stereocenters. The largest absolute Gasteiger partial charge is 0.335 e. The van der Waals surface area contributed by atoms with Gasteiger partial charge in [-0.15, -0.1) is 0 Å². The summed E-state index contributed by atoms with van der Waals surface area (Å²) in [5.41, 5.74) is 1.23. The van der Waals surface area contributed by atoms with Crippen molar-refractivity contribution in [3.8, 4) is 0 Å². The molecule has 1 fully saturated rings. The number of pyridine rings is 1. The molecule has 1 aliphatic carbocycles. The maximum absolute atomic E-state index is 12.8. The first-order valence-corrected chi connectivity index (χ1v) is 7.94. The zero-order chi connectivity index (χ0) is 14.8. The van der Waals surface area contributed by atoms with Gasteiger partial charge in [0, 0.05) is 18.0 Å². The number of carbonyl (C=O) groups is 1. The van der Waals surface area contributed by atoms with Gasteiger partial charge in [0.05, 0.1) is 10.5 Å². The Kier molecular flexibility index (Phi) is 4.11. The molecule has 1 heterocycles. The number of halogens is 1. The van der Waals surface area contributed by atoms with Gasteiger partial charge in [0.1, 0.15) is 5.69 Å². The number of amides is 1. The fourth-order valence-electron chi connectivity index (χ4n) is 3.17. The highest BCUT2D eigenvalue weighted by atomic mass is 35.5. The van der Waals surface area contributed by atoms with Crippen LogP contribution in [0.1, 0.15) is 43.1 Å². The molecule has 3 nitrogen and oxygen atoms in total. The molecule has 1 amide bonds. The standard InChI is InChI=1S/C17H19ClN2O/c1-2-20(12-7-3-4-8-12)17(21)16-11-14(18)13-9-5-6-10-15(13)19-16/h5-6,9-12H,2-4,7-8H2,1H3. The minimum atomic E-state index is -0.00273. The molecular weight excluding hydrogens is 284 g/mol. The molecule has 2 aromatic rings. The van der Waals surface area contributed by atoms with Crippen LogP contribution in [0.15, 0.2) is 30.3 Å². The molecule has 0 bridgehead atoms. The zero-order valence-electron chi connectivity index (χ0n) is 12.2. The highest BCUT2D eigenvalue weighted by molar-refractivity contribution is 6.35. The van der Waals surface area contributed by atoms with Crippen LogP contribution in [0, 0.1) is 0 Å². The van der Waals surface area contributed by atoms with Crippen LogP contribution in [0.25, 0.3) is 10.9 Å². The maximum atomic E-state index is 12.8. The molecule has 0 N–H and O–H groups in total. The number of carbonyl (C=O) groups excluding carboxylic acids is 1. The van der Waals surface area contributed by atoms with Crippen LogP contribution in [0.5, 0.6) is 0 Å². The zero-order valence-corrected chi connectivity index (χ0v) is 12.9. The first-order chi connectivity index (χ1) is 10.2. The van der Waals surface area contributed by atoms with E-state index in [1.54, 1.807) is 6.07 Å². The fraction of sp³-hybridized carbons (Fsp3) is 0.412. The molecule has 0 radical (unpaired) electrons. The van der Waals surface area contributed by atoms with Crippen molar-refractivity contribution in [2.75, 3.05) is 6.54 Å². The van der Waals surface area contributed by atoms with Crippen molar-refractivity contribution in [2.45, 2.75) is 38.6 Å². The Morgan fingerprint density at radius 3 is 2.76 bits per heavy atom. The van der Waals surface area contributed by atoms with Crippen LogP contribution < -0.4 is 0 Å². The Morgan fingerprint density at radius 2 is 2.05 bits per heavy atom. The van der Waals surface area contributed by atoms with Crippen LogP contribution in [0.2, 0.25) is 5.02 Å². The normalized spacial score (nSPS) is 15.5. The molecule has 0 unspecified atom stereocenters. The third kappa shape index (κ3) is 2.75. The van der Waals surface area contributed by atoms with E-state index >= 15 is 0 Å². The van der Waals surface area contributed by atoms with Gasteiger partial charge in [-0.2, -0.15) is 0 Å². The quantitative estimate of drug-likeness (QED) is 0.847. The lowest BCUT2D eigenvalue weighted by Crippen LogP contribution is -2.39. The summed E-state index contributed by atoms with van der Waals surface area (Å²) in [6.45, 7) is 2.74. The average Bonchev–Trinajstić information content (AvgIpc) is 3.02. The minimum Gasteiger partial charge on any atom is -0.335 e. The summed E-state index contributed by atoms with van der Waals surface area (Å²) in [7, 11) is 0. The van der Waals surface area contributed by atoms with E-state index in [1.807, 2.05) is 36.1 Å². The second-order valence-electron chi connectivity index (χ2n) is 5.54. The summed E-state index contributed by atoms with van der Waals surface area (Å²) in [4.78, 5) is 19.2. The van der Waals surface area contributed by atoms with Gasteiger partial charge in [0.2, 0.25) is 0 Å². The van der Waals surface area contributed by atoms with Gasteiger partial charge in [-0.1, -0.05) is 42.6 Å². The van der Waals surface area contributed by atoms with Crippen molar-refractivity contribution in [1.82, 2.24) is 9.88 Å². The molecule has 1 aliphatic rings. The Morgan fingerprint density at radius 1 is 1.33 bits per heavy atom. The number of nitrogens with zero attached hydrogens (tertiary/aromatic N) is 2. The Bertz CT molecular complexity index is 665. The van der Waals surface area contributed by atoms with E-state index in [9.17, 15) is 4.79 Å². The fourth-order valence-corrected chi connectivity index (χ4v) is 3.44. The Balaban J connectivity index is 1.96. The van der Waals surface area contributed by atoms with Crippen LogP contribution in [-0.2, 0) is 0 Å². The highest BCUT2D eigenvalue weighted by Crippen LogP contribution is 2.27. The summed E-state index contributed by atoms with van der Waals surface area (Å²) >= 11 is 6.30. The van der Waals surface area contributed by atoms with E-state index < -0.39 is 0 Å². The lowest BCUT2D eigenvalue weighted by molar-refractivity contribution is 0.0688. The third-order valence-electron chi connectivity index (χ3n) is 4.25. The average molecular weight is 303 g/mol. The van der Waals surface area contributed by atoms with Crippen LogP contribution in [0.3, 0.4) is 0 Å². The first-order valence-electron chi connectivity index (χ1n) is 7.57. The molecular formula is C17H19ClN2O. The summed E-state index contributed by atoms with van der Waals surface area (Å²) in [5.74, 6) is -0.00273. The molecule has 1 aromatic heterocycles. The van der Waals surface area contributed by atoms with Crippen LogP contribution in [0.4, 0.5) is 0 Å². The van der Waals surface area contributed by atoms with E-state index in [2.05, 4.69) is 4.98 Å². The molecule has 0 spiro atoms. The molecule has 0 saturated heterocycles. The van der Waals surface area contributed by atoms with E-state index in [0.29, 0.717) is 16.8 Å². The van der Waals surface area contributed by atoms with Crippen molar-refractivity contribution in [3.63, 3.8) is 0 Å². The highest BCUT2D eigenvalue weighted by Gasteiger charge is 2.27. The van der Waals surface area contributed by atoms with Crippen molar-refractivity contribution in [1.29, 1.82) is 0 Å². The lowest BCUT2D eigenvalue weighted by atomic mass is 10.1. The summed E-state index contributed by atoms with van der Waals surface area (Å²) < 4.78 is 0. The van der Waals surface area contributed by atoms with E-state index in [-0.39, 0.29) is 5.91 Å². The predicted octanol–water partition coefficient (Wildman–Crippen LogP) is 4.29. The second-order valence-corrected chi connectivity index (χ2v) is 5.94. The number of fused-ring (bicyclic) bond motifs is 1. The SMILES string of the molecule is CCN(C(=O)c1cc(Cl)c2ccccc2n1)C1CCCC1. The summed E-state index contributed by atoms with van der Waals surface area (Å²) in [5, 5.41) is 1.48. The number of hydrogen-bond donors (Lipinski definition) is 0. The molecule has 4 heteroatoms. The van der Waals surface area contributed by atoms with Crippen molar-refractivity contribution < 1.29 is 4.79 Å². The first kappa shape index (κ1) is 14.3. The number of para-hydroxylation sites is 1. The van der Waals surface area contributed by atoms with Crippen LogP contribution in [-0.4, -0.2) is 28.4 Å². The number of benzene rings is 1. The molecule has 3 rings (SSSR count).